The van der Waals surface area contributed by atoms with Crippen LogP contribution in [-0.2, 0) is 24.0 Å². The van der Waals surface area contributed by atoms with Crippen LogP contribution in [0, 0.1) is 5.92 Å². The summed E-state index contributed by atoms with van der Waals surface area (Å²) in [6.07, 6.45) is -0.136. The monoisotopic (exact) mass is 419 g/mol. The molecule has 29 heavy (non-hydrogen) atoms. The summed E-state index contributed by atoms with van der Waals surface area (Å²) < 4.78 is 0. The third kappa shape index (κ3) is 9.32. The fourth-order valence-corrected chi connectivity index (χ4v) is 2.14. The van der Waals surface area contributed by atoms with Crippen LogP contribution in [0.1, 0.15) is 26.7 Å². The summed E-state index contributed by atoms with van der Waals surface area (Å²) in [4.78, 5) is 58.3. The number of carbonyl (C=O) groups excluding carboxylic acids is 4. The Bertz CT molecular complexity index is 612. The highest BCUT2D eigenvalue weighted by molar-refractivity contribution is 5.94. The second-order valence-corrected chi connectivity index (χ2v) is 6.67. The topological polar surface area (TPSA) is 234 Å². The van der Waals surface area contributed by atoms with E-state index in [1.54, 1.807) is 13.8 Å². The lowest BCUT2D eigenvalue weighted by Gasteiger charge is -2.26. The summed E-state index contributed by atoms with van der Waals surface area (Å²) in [5, 5.41) is 33.7. The molecule has 0 aromatic rings. The molecule has 0 bridgehead atoms. The van der Waals surface area contributed by atoms with Gasteiger partial charge >= 0.3 is 5.97 Å². The molecule has 0 aliphatic rings. The molecular weight excluding hydrogens is 390 g/mol. The van der Waals surface area contributed by atoms with Crippen molar-refractivity contribution in [3.05, 3.63) is 0 Å². The number of nitrogens with two attached hydrogens (primary N) is 2. The normalized spacial score (nSPS) is 15.0. The molecule has 166 valence electrons. The molecule has 0 radical (unpaired) electrons. The number of carbonyl (C=O) groups is 5. The Labute approximate surface area is 167 Å². The van der Waals surface area contributed by atoms with Crippen molar-refractivity contribution >= 4 is 29.6 Å². The zero-order valence-electron chi connectivity index (χ0n) is 16.3. The van der Waals surface area contributed by atoms with Gasteiger partial charge in [0.05, 0.1) is 19.3 Å². The van der Waals surface area contributed by atoms with Gasteiger partial charge in [-0.1, -0.05) is 13.8 Å². The van der Waals surface area contributed by atoms with Gasteiger partial charge in [0.25, 0.3) is 0 Å². The molecule has 0 rings (SSSR count). The highest BCUT2D eigenvalue weighted by atomic mass is 16.4. The molecule has 0 fully saturated rings. The minimum Gasteiger partial charge on any atom is -0.480 e. The smallest absolute Gasteiger partial charge is 0.328 e. The van der Waals surface area contributed by atoms with Crippen molar-refractivity contribution in [3.8, 4) is 0 Å². The number of carboxylic acids is 1. The first-order valence-corrected chi connectivity index (χ1v) is 8.84. The number of nitrogens with one attached hydrogen (secondary N) is 3. The standard InChI is InChI=1S/C16H29N5O8/c1-7(2)12(21-13(25)8(17)3-4-11(18)24)15(27)19-9(5-22)14(26)20-10(6-23)16(28)29/h7-10,12,22-23H,3-6,17H2,1-2H3,(H2,18,24)(H,19,27)(H,20,26)(H,21,25)(H,28,29). The molecule has 4 amide bonds. The number of aliphatic hydroxyl groups excluding tert-OH is 2. The number of primary amides is 1. The van der Waals surface area contributed by atoms with Crippen LogP contribution >= 0.6 is 0 Å². The van der Waals surface area contributed by atoms with E-state index >= 15 is 0 Å². The van der Waals surface area contributed by atoms with Crippen LogP contribution in [-0.4, -0.2) is 82.3 Å². The summed E-state index contributed by atoms with van der Waals surface area (Å²) >= 11 is 0. The van der Waals surface area contributed by atoms with Crippen molar-refractivity contribution in [3.63, 3.8) is 0 Å². The Morgan fingerprint density at radius 2 is 1.38 bits per heavy atom. The predicted octanol–water partition coefficient (Wildman–Crippen LogP) is -4.24. The van der Waals surface area contributed by atoms with E-state index in [4.69, 9.17) is 21.7 Å². The number of hydrogen-bond acceptors (Lipinski definition) is 8. The van der Waals surface area contributed by atoms with Gasteiger partial charge in [0.2, 0.25) is 23.6 Å². The van der Waals surface area contributed by atoms with E-state index in [9.17, 15) is 29.1 Å². The zero-order chi connectivity index (χ0) is 22.7. The predicted molar refractivity (Wildman–Crippen MR) is 98.8 cm³/mol. The quantitative estimate of drug-likeness (QED) is 0.144. The van der Waals surface area contributed by atoms with E-state index in [-0.39, 0.29) is 12.8 Å². The first-order chi connectivity index (χ1) is 13.4. The summed E-state index contributed by atoms with van der Waals surface area (Å²) in [5.74, 6) is -5.13. The van der Waals surface area contributed by atoms with Gasteiger partial charge in [0.1, 0.15) is 18.1 Å². The number of amides is 4. The maximum Gasteiger partial charge on any atom is 0.328 e. The van der Waals surface area contributed by atoms with Gasteiger partial charge < -0.3 is 42.7 Å². The largest absolute Gasteiger partial charge is 0.480 e. The van der Waals surface area contributed by atoms with E-state index < -0.39 is 72.9 Å². The van der Waals surface area contributed by atoms with Gasteiger partial charge in [0.15, 0.2) is 0 Å². The SMILES string of the molecule is CC(C)C(NC(=O)C(N)CCC(N)=O)C(=O)NC(CO)C(=O)NC(CO)C(=O)O. The van der Waals surface area contributed by atoms with Crippen LogP contribution in [0.15, 0.2) is 0 Å². The van der Waals surface area contributed by atoms with Gasteiger partial charge in [-0.05, 0) is 12.3 Å². The third-order valence-electron chi connectivity index (χ3n) is 3.90. The minimum absolute atomic E-state index is 0.0208. The molecule has 0 aliphatic heterocycles. The van der Waals surface area contributed by atoms with Crippen LogP contribution in [0.3, 0.4) is 0 Å². The molecule has 0 aromatic carbocycles. The molecule has 10 N–H and O–H groups in total. The second-order valence-electron chi connectivity index (χ2n) is 6.67. The highest BCUT2D eigenvalue weighted by Gasteiger charge is 2.31. The van der Waals surface area contributed by atoms with Gasteiger partial charge in [-0.2, -0.15) is 0 Å². The fraction of sp³-hybridized carbons (Fsp3) is 0.688. The molecule has 13 heteroatoms. The molecular formula is C16H29N5O8. The van der Waals surface area contributed by atoms with Crippen LogP contribution in [0.25, 0.3) is 0 Å². The Kier molecular flexibility index (Phi) is 11.4. The van der Waals surface area contributed by atoms with Crippen molar-refractivity contribution in [2.75, 3.05) is 13.2 Å². The third-order valence-corrected chi connectivity index (χ3v) is 3.90. The molecule has 0 saturated heterocycles. The molecule has 13 nitrogen and oxygen atoms in total. The maximum absolute atomic E-state index is 12.5. The second kappa shape index (κ2) is 12.6. The van der Waals surface area contributed by atoms with Crippen molar-refractivity contribution < 1.29 is 39.3 Å². The molecule has 0 aromatic heterocycles. The molecule has 0 heterocycles. The Morgan fingerprint density at radius 3 is 1.79 bits per heavy atom. The van der Waals surface area contributed by atoms with Gasteiger partial charge in [-0.15, -0.1) is 0 Å². The lowest BCUT2D eigenvalue weighted by atomic mass is 10.0. The average Bonchev–Trinajstić information content (AvgIpc) is 2.64. The molecule has 4 unspecified atom stereocenters. The van der Waals surface area contributed by atoms with Crippen molar-refractivity contribution in [1.82, 2.24) is 16.0 Å². The lowest BCUT2D eigenvalue weighted by Crippen LogP contribution is -2.59. The van der Waals surface area contributed by atoms with Crippen molar-refractivity contribution in [1.29, 1.82) is 0 Å². The molecule has 0 aliphatic carbocycles. The van der Waals surface area contributed by atoms with Crippen LogP contribution < -0.4 is 27.4 Å². The van der Waals surface area contributed by atoms with Gasteiger partial charge in [-0.3, -0.25) is 19.2 Å². The average molecular weight is 419 g/mol. The van der Waals surface area contributed by atoms with Crippen LogP contribution in [0.4, 0.5) is 0 Å². The van der Waals surface area contributed by atoms with E-state index in [0.29, 0.717) is 0 Å². The number of carboxylic acid groups (broad SMARTS) is 1. The van der Waals surface area contributed by atoms with Crippen molar-refractivity contribution in [2.45, 2.75) is 50.9 Å². The lowest BCUT2D eigenvalue weighted by molar-refractivity contribution is -0.143. The summed E-state index contributed by atoms with van der Waals surface area (Å²) in [5.41, 5.74) is 10.6. The van der Waals surface area contributed by atoms with Crippen LogP contribution in [0.2, 0.25) is 0 Å². The summed E-state index contributed by atoms with van der Waals surface area (Å²) in [6, 6.07) is -5.35. The summed E-state index contributed by atoms with van der Waals surface area (Å²) in [6.45, 7) is 1.48. The minimum atomic E-state index is -1.61. The number of hydrogen-bond donors (Lipinski definition) is 8. The first-order valence-electron chi connectivity index (χ1n) is 8.84. The van der Waals surface area contributed by atoms with Gasteiger partial charge in [0, 0.05) is 6.42 Å². The molecule has 0 spiro atoms. The van der Waals surface area contributed by atoms with E-state index in [2.05, 4.69) is 10.6 Å². The van der Waals surface area contributed by atoms with Gasteiger partial charge in [-0.25, -0.2) is 4.79 Å². The first kappa shape index (κ1) is 26.2. The van der Waals surface area contributed by atoms with E-state index in [0.717, 1.165) is 0 Å². The van der Waals surface area contributed by atoms with E-state index in [1.807, 2.05) is 5.32 Å². The Morgan fingerprint density at radius 1 is 0.862 bits per heavy atom. The number of aliphatic hydroxyl groups is 2. The Balaban J connectivity index is 5.05. The Hall–Kier alpha value is -2.77. The zero-order valence-corrected chi connectivity index (χ0v) is 16.3. The van der Waals surface area contributed by atoms with Crippen LogP contribution in [0.5, 0.6) is 0 Å². The number of aliphatic carboxylic acids is 1. The maximum atomic E-state index is 12.5. The van der Waals surface area contributed by atoms with Crippen molar-refractivity contribution in [2.24, 2.45) is 17.4 Å². The number of rotatable bonds is 13. The highest BCUT2D eigenvalue weighted by Crippen LogP contribution is 2.04. The summed E-state index contributed by atoms with van der Waals surface area (Å²) in [7, 11) is 0. The fourth-order valence-electron chi connectivity index (χ4n) is 2.14. The molecule has 0 saturated carbocycles. The van der Waals surface area contributed by atoms with E-state index in [1.165, 1.54) is 0 Å². The molecule has 4 atom stereocenters.